The Balaban J connectivity index is 2.93. The molecule has 0 saturated carbocycles. The lowest BCUT2D eigenvalue weighted by atomic mass is 10.1. The van der Waals surface area contributed by atoms with Crippen LogP contribution in [0.25, 0.3) is 6.08 Å². The molecule has 1 rings (SSSR count). The summed E-state index contributed by atoms with van der Waals surface area (Å²) in [6.07, 6.45) is 4.93. The van der Waals surface area contributed by atoms with Crippen LogP contribution in [0.4, 0.5) is 0 Å². The average molecular weight is 299 g/mol. The fourth-order valence-corrected chi connectivity index (χ4v) is 1.74. The van der Waals surface area contributed by atoms with Gasteiger partial charge in [0.25, 0.3) is 0 Å². The van der Waals surface area contributed by atoms with E-state index in [9.17, 15) is 4.79 Å². The largest absolute Gasteiger partial charge is 0.496 e. The number of carboxylic acids is 1. The number of allylic oxidation sites excluding steroid dienone is 1. The van der Waals surface area contributed by atoms with Gasteiger partial charge in [-0.1, -0.05) is 34.1 Å². The Hall–Kier alpha value is -1.29. The molecule has 0 aliphatic rings. The molecule has 0 aliphatic carbocycles. The lowest BCUT2D eigenvalue weighted by Gasteiger charge is -2.06. The van der Waals surface area contributed by atoms with Crippen LogP contribution in [0.2, 0.25) is 0 Å². The molecule has 0 unspecified atom stereocenters. The van der Waals surface area contributed by atoms with E-state index >= 15 is 0 Å². The maximum absolute atomic E-state index is 10.6. The first-order valence-electron chi connectivity index (χ1n) is 5.28. The van der Waals surface area contributed by atoms with Crippen LogP contribution in [-0.4, -0.2) is 23.5 Å². The topological polar surface area (TPSA) is 46.5 Å². The number of benzene rings is 1. The molecule has 1 aromatic rings. The van der Waals surface area contributed by atoms with E-state index in [1.807, 2.05) is 18.2 Å². The number of aliphatic carboxylic acids is 1. The van der Waals surface area contributed by atoms with Crippen molar-refractivity contribution in [2.24, 2.45) is 0 Å². The summed E-state index contributed by atoms with van der Waals surface area (Å²) >= 11 is 3.35. The lowest BCUT2D eigenvalue weighted by Crippen LogP contribution is -2.00. The standard InChI is InChI=1S/C13H15BrO3/c1-17-12-6-5-10(9-13(15)16)8-11(12)4-2-3-7-14/h2,4-6,8H,3,7,9H2,1H3,(H,15,16). The summed E-state index contributed by atoms with van der Waals surface area (Å²) < 4.78 is 5.23. The number of ether oxygens (including phenoxy) is 1. The lowest BCUT2D eigenvalue weighted by molar-refractivity contribution is -0.136. The number of methoxy groups -OCH3 is 1. The van der Waals surface area contributed by atoms with E-state index in [4.69, 9.17) is 9.84 Å². The highest BCUT2D eigenvalue weighted by molar-refractivity contribution is 9.09. The van der Waals surface area contributed by atoms with Crippen LogP contribution in [0.1, 0.15) is 17.5 Å². The van der Waals surface area contributed by atoms with Gasteiger partial charge in [-0.05, 0) is 24.1 Å². The zero-order valence-electron chi connectivity index (χ0n) is 9.65. The first kappa shape index (κ1) is 13.8. The van der Waals surface area contributed by atoms with Gasteiger partial charge in [0.15, 0.2) is 0 Å². The molecular weight excluding hydrogens is 284 g/mol. The summed E-state index contributed by atoms with van der Waals surface area (Å²) in [5.74, 6) is -0.0736. The summed E-state index contributed by atoms with van der Waals surface area (Å²) in [5.41, 5.74) is 1.68. The number of hydrogen-bond donors (Lipinski definition) is 1. The van der Waals surface area contributed by atoms with Gasteiger partial charge in [-0.15, -0.1) is 0 Å². The fourth-order valence-electron chi connectivity index (χ4n) is 1.47. The molecule has 0 heterocycles. The molecule has 0 aromatic heterocycles. The number of alkyl halides is 1. The van der Waals surface area contributed by atoms with Crippen molar-refractivity contribution in [2.45, 2.75) is 12.8 Å². The molecule has 92 valence electrons. The maximum atomic E-state index is 10.6. The molecule has 17 heavy (non-hydrogen) atoms. The molecule has 1 N–H and O–H groups in total. The third-order valence-corrected chi connectivity index (χ3v) is 2.68. The molecular formula is C13H15BrO3. The second-order valence-corrected chi connectivity index (χ2v) is 4.32. The quantitative estimate of drug-likeness (QED) is 0.821. The van der Waals surface area contributed by atoms with Gasteiger partial charge in [0.05, 0.1) is 13.5 Å². The zero-order chi connectivity index (χ0) is 12.7. The summed E-state index contributed by atoms with van der Waals surface area (Å²) in [5, 5.41) is 9.65. The molecule has 0 spiro atoms. The minimum absolute atomic E-state index is 0.0310. The van der Waals surface area contributed by atoms with Crippen LogP contribution < -0.4 is 4.74 Å². The highest BCUT2D eigenvalue weighted by Gasteiger charge is 2.04. The first-order valence-corrected chi connectivity index (χ1v) is 6.40. The summed E-state index contributed by atoms with van der Waals surface area (Å²) in [7, 11) is 1.61. The molecule has 3 nitrogen and oxygen atoms in total. The number of hydrogen-bond acceptors (Lipinski definition) is 2. The van der Waals surface area contributed by atoms with E-state index in [1.165, 1.54) is 0 Å². The van der Waals surface area contributed by atoms with Crippen molar-refractivity contribution in [3.05, 3.63) is 35.4 Å². The second-order valence-electron chi connectivity index (χ2n) is 3.53. The van der Waals surface area contributed by atoms with Gasteiger partial charge < -0.3 is 9.84 Å². The molecule has 0 radical (unpaired) electrons. The number of halogens is 1. The van der Waals surface area contributed by atoms with Crippen molar-refractivity contribution < 1.29 is 14.6 Å². The highest BCUT2D eigenvalue weighted by Crippen LogP contribution is 2.22. The number of carboxylic acid groups (broad SMARTS) is 1. The van der Waals surface area contributed by atoms with Crippen molar-refractivity contribution in [1.82, 2.24) is 0 Å². The Kier molecular flexibility index (Phi) is 5.77. The van der Waals surface area contributed by atoms with Crippen molar-refractivity contribution in [3.8, 4) is 5.75 Å². The van der Waals surface area contributed by atoms with E-state index in [2.05, 4.69) is 15.9 Å². The molecule has 0 aliphatic heterocycles. The van der Waals surface area contributed by atoms with Gasteiger partial charge in [0.1, 0.15) is 5.75 Å². The first-order chi connectivity index (χ1) is 8.17. The number of rotatable bonds is 6. The molecule has 0 bridgehead atoms. The van der Waals surface area contributed by atoms with Crippen molar-refractivity contribution >= 4 is 28.0 Å². The highest BCUT2D eigenvalue weighted by atomic mass is 79.9. The van der Waals surface area contributed by atoms with E-state index in [0.717, 1.165) is 28.6 Å². The Morgan fingerprint density at radius 1 is 1.53 bits per heavy atom. The minimum atomic E-state index is -0.828. The third kappa shape index (κ3) is 4.61. The van der Waals surface area contributed by atoms with Crippen molar-refractivity contribution in [1.29, 1.82) is 0 Å². The molecule has 4 heteroatoms. The van der Waals surface area contributed by atoms with Crippen LogP contribution in [-0.2, 0) is 11.2 Å². The Morgan fingerprint density at radius 2 is 2.29 bits per heavy atom. The Bertz CT molecular complexity index is 413. The predicted molar refractivity (Wildman–Crippen MR) is 71.8 cm³/mol. The van der Waals surface area contributed by atoms with E-state index in [-0.39, 0.29) is 6.42 Å². The average Bonchev–Trinajstić information content (AvgIpc) is 2.29. The second kappa shape index (κ2) is 7.12. The molecule has 0 fully saturated rings. The Morgan fingerprint density at radius 3 is 2.88 bits per heavy atom. The summed E-state index contributed by atoms with van der Waals surface area (Å²) in [6, 6.07) is 5.42. The number of carbonyl (C=O) groups is 1. The van der Waals surface area contributed by atoms with E-state index in [1.54, 1.807) is 19.2 Å². The van der Waals surface area contributed by atoms with Crippen LogP contribution >= 0.6 is 15.9 Å². The van der Waals surface area contributed by atoms with E-state index < -0.39 is 5.97 Å². The molecule has 0 atom stereocenters. The smallest absolute Gasteiger partial charge is 0.307 e. The van der Waals surface area contributed by atoms with Crippen LogP contribution in [0, 0.1) is 0 Å². The van der Waals surface area contributed by atoms with Gasteiger partial charge in [0.2, 0.25) is 0 Å². The minimum Gasteiger partial charge on any atom is -0.496 e. The van der Waals surface area contributed by atoms with Crippen LogP contribution in [0.15, 0.2) is 24.3 Å². The van der Waals surface area contributed by atoms with Crippen LogP contribution in [0.3, 0.4) is 0 Å². The molecule has 1 aromatic carbocycles. The van der Waals surface area contributed by atoms with Gasteiger partial charge in [0, 0.05) is 10.9 Å². The third-order valence-electron chi connectivity index (χ3n) is 2.22. The normalized spacial score (nSPS) is 10.7. The molecule has 0 amide bonds. The molecule has 0 saturated heterocycles. The zero-order valence-corrected chi connectivity index (χ0v) is 11.2. The van der Waals surface area contributed by atoms with Gasteiger partial charge in [-0.2, -0.15) is 0 Å². The Labute approximate surface area is 109 Å². The summed E-state index contributed by atoms with van der Waals surface area (Å²) in [6.45, 7) is 0. The monoisotopic (exact) mass is 298 g/mol. The fraction of sp³-hybridized carbons (Fsp3) is 0.308. The van der Waals surface area contributed by atoms with Gasteiger partial charge in [-0.3, -0.25) is 4.79 Å². The SMILES string of the molecule is COc1ccc(CC(=O)O)cc1C=CCCBr. The van der Waals surface area contributed by atoms with Gasteiger partial charge in [-0.25, -0.2) is 0 Å². The van der Waals surface area contributed by atoms with Crippen LogP contribution in [0.5, 0.6) is 5.75 Å². The summed E-state index contributed by atoms with van der Waals surface area (Å²) in [4.78, 5) is 10.6. The maximum Gasteiger partial charge on any atom is 0.307 e. The van der Waals surface area contributed by atoms with Crippen molar-refractivity contribution in [3.63, 3.8) is 0 Å². The van der Waals surface area contributed by atoms with Crippen molar-refractivity contribution in [2.75, 3.05) is 12.4 Å². The van der Waals surface area contributed by atoms with E-state index in [0.29, 0.717) is 0 Å². The predicted octanol–water partition coefficient (Wildman–Crippen LogP) is 3.12. The van der Waals surface area contributed by atoms with Gasteiger partial charge >= 0.3 is 5.97 Å².